The van der Waals surface area contributed by atoms with Gasteiger partial charge < -0.3 is 9.47 Å². The number of ether oxygens (including phenoxy) is 2. The Morgan fingerprint density at radius 2 is 1.87 bits per heavy atom. The van der Waals surface area contributed by atoms with E-state index in [4.69, 9.17) is 23.2 Å². The highest BCUT2D eigenvalue weighted by atomic mass is 35.5. The monoisotopic (exact) mass is 256 g/mol. The molecule has 0 saturated carbocycles. The van der Waals surface area contributed by atoms with E-state index in [1.54, 1.807) is 0 Å². The Kier molecular flexibility index (Phi) is 7.29. The van der Waals surface area contributed by atoms with E-state index < -0.39 is 22.6 Å². The molecule has 0 saturated heterocycles. The third-order valence-corrected chi connectivity index (χ3v) is 1.82. The molecule has 0 aromatic heterocycles. The molecule has 1 unspecified atom stereocenters. The van der Waals surface area contributed by atoms with Gasteiger partial charge in [0.15, 0.2) is 6.10 Å². The molecule has 0 aliphatic heterocycles. The second-order valence-corrected chi connectivity index (χ2v) is 3.40. The molecule has 1 atom stereocenters. The lowest BCUT2D eigenvalue weighted by Crippen LogP contribution is -2.26. The molecule has 0 spiro atoms. The number of rotatable bonds is 7. The first-order valence-corrected chi connectivity index (χ1v) is 4.79. The van der Waals surface area contributed by atoms with Gasteiger partial charge in [-0.2, -0.15) is 0 Å². The van der Waals surface area contributed by atoms with Crippen LogP contribution >= 0.6 is 23.2 Å². The number of esters is 1. The van der Waals surface area contributed by atoms with Crippen LogP contribution in [0.4, 0.5) is 0 Å². The van der Waals surface area contributed by atoms with Crippen molar-refractivity contribution in [2.45, 2.75) is 18.9 Å². The molecule has 0 aliphatic rings. The highest BCUT2D eigenvalue weighted by Gasteiger charge is 2.21. The molecule has 5 nitrogen and oxygen atoms in total. The first kappa shape index (κ1) is 14.3. The highest BCUT2D eigenvalue weighted by molar-refractivity contribution is 6.65. The van der Waals surface area contributed by atoms with Gasteiger partial charge in [-0.05, 0) is 23.2 Å². The Hall–Kier alpha value is -0.650. The minimum absolute atomic E-state index is 0.0277. The van der Waals surface area contributed by atoms with Crippen LogP contribution in [-0.2, 0) is 23.9 Å². The van der Waals surface area contributed by atoms with E-state index >= 15 is 0 Å². The van der Waals surface area contributed by atoms with Crippen LogP contribution in [0.5, 0.6) is 0 Å². The lowest BCUT2D eigenvalue weighted by Gasteiger charge is -2.12. The highest BCUT2D eigenvalue weighted by Crippen LogP contribution is 2.08. The average Bonchev–Trinajstić information content (AvgIpc) is 2.11. The van der Waals surface area contributed by atoms with Crippen LogP contribution in [0.2, 0.25) is 0 Å². The quantitative estimate of drug-likeness (QED) is 0.499. The van der Waals surface area contributed by atoms with Crippen LogP contribution in [-0.4, -0.2) is 36.3 Å². The summed E-state index contributed by atoms with van der Waals surface area (Å²) in [5.41, 5.74) is 0. The van der Waals surface area contributed by atoms with Crippen molar-refractivity contribution in [2.75, 3.05) is 13.7 Å². The van der Waals surface area contributed by atoms with Crippen molar-refractivity contribution in [1.82, 2.24) is 0 Å². The number of hydrogen-bond acceptors (Lipinski definition) is 5. The molecule has 0 heterocycles. The Labute approximate surface area is 96.6 Å². The van der Waals surface area contributed by atoms with Crippen molar-refractivity contribution in [3.63, 3.8) is 0 Å². The predicted octanol–water partition coefficient (Wildman–Crippen LogP) is 0.856. The molecule has 0 radical (unpaired) electrons. The number of methoxy groups -OCH3 is 1. The van der Waals surface area contributed by atoms with Crippen molar-refractivity contribution in [2.24, 2.45) is 0 Å². The van der Waals surface area contributed by atoms with Crippen LogP contribution in [0, 0.1) is 0 Å². The molecular formula is C8H10Cl2O5. The molecule has 86 valence electrons. The normalized spacial score (nSPS) is 11.9. The lowest BCUT2D eigenvalue weighted by atomic mass is 10.2. The van der Waals surface area contributed by atoms with E-state index in [2.05, 4.69) is 9.47 Å². The minimum Gasteiger partial charge on any atom is -0.451 e. The van der Waals surface area contributed by atoms with Gasteiger partial charge in [-0.1, -0.05) is 0 Å². The molecule has 7 heteroatoms. The summed E-state index contributed by atoms with van der Waals surface area (Å²) in [6.45, 7) is -0.282. The number of halogens is 2. The Bertz CT molecular complexity index is 253. The third kappa shape index (κ3) is 7.30. The van der Waals surface area contributed by atoms with E-state index in [0.717, 1.165) is 0 Å². The van der Waals surface area contributed by atoms with Crippen LogP contribution in [0.1, 0.15) is 12.8 Å². The summed E-state index contributed by atoms with van der Waals surface area (Å²) in [6.07, 6.45) is -1.28. The van der Waals surface area contributed by atoms with Gasteiger partial charge in [0.25, 0.3) is 5.24 Å². The number of hydrogen-bond donors (Lipinski definition) is 0. The summed E-state index contributed by atoms with van der Waals surface area (Å²) in [5, 5.41) is -1.47. The zero-order chi connectivity index (χ0) is 11.8. The summed E-state index contributed by atoms with van der Waals surface area (Å²) in [7, 11) is 1.31. The van der Waals surface area contributed by atoms with Crippen molar-refractivity contribution < 1.29 is 23.9 Å². The molecule has 0 aliphatic carbocycles. The van der Waals surface area contributed by atoms with Crippen LogP contribution in [0.25, 0.3) is 0 Å². The molecule has 15 heavy (non-hydrogen) atoms. The van der Waals surface area contributed by atoms with Gasteiger partial charge in [-0.25, -0.2) is 4.79 Å². The van der Waals surface area contributed by atoms with E-state index in [0.29, 0.717) is 0 Å². The SMILES string of the molecule is COCC(=O)OC(CCC(=O)Cl)C(=O)Cl. The smallest absolute Gasteiger partial charge is 0.332 e. The second kappa shape index (κ2) is 7.62. The van der Waals surface area contributed by atoms with Gasteiger partial charge in [0.2, 0.25) is 5.24 Å². The van der Waals surface area contributed by atoms with Crippen LogP contribution in [0.15, 0.2) is 0 Å². The fraction of sp³-hybridized carbons (Fsp3) is 0.625. The van der Waals surface area contributed by atoms with Crippen molar-refractivity contribution in [1.29, 1.82) is 0 Å². The Balaban J connectivity index is 4.10. The first-order valence-electron chi connectivity index (χ1n) is 4.03. The summed E-state index contributed by atoms with van der Waals surface area (Å²) >= 11 is 10.2. The van der Waals surface area contributed by atoms with Gasteiger partial charge in [-0.3, -0.25) is 9.59 Å². The molecular weight excluding hydrogens is 247 g/mol. The average molecular weight is 257 g/mol. The van der Waals surface area contributed by atoms with Gasteiger partial charge in [0.05, 0.1) is 0 Å². The van der Waals surface area contributed by atoms with Gasteiger partial charge in [0.1, 0.15) is 6.61 Å². The van der Waals surface area contributed by atoms with E-state index in [1.165, 1.54) is 7.11 Å². The third-order valence-electron chi connectivity index (χ3n) is 1.39. The Morgan fingerprint density at radius 3 is 2.27 bits per heavy atom. The zero-order valence-electron chi connectivity index (χ0n) is 8.00. The van der Waals surface area contributed by atoms with E-state index in [-0.39, 0.29) is 19.4 Å². The van der Waals surface area contributed by atoms with Crippen LogP contribution < -0.4 is 0 Å². The fourth-order valence-electron chi connectivity index (χ4n) is 0.774. The molecule has 0 fully saturated rings. The fourth-order valence-corrected chi connectivity index (χ4v) is 1.04. The Morgan fingerprint density at radius 1 is 1.27 bits per heavy atom. The van der Waals surface area contributed by atoms with E-state index in [9.17, 15) is 14.4 Å². The van der Waals surface area contributed by atoms with Gasteiger partial charge in [-0.15, -0.1) is 0 Å². The summed E-state index contributed by atoms with van der Waals surface area (Å²) in [6, 6.07) is 0. The maximum absolute atomic E-state index is 10.9. The molecule has 0 amide bonds. The van der Waals surface area contributed by atoms with Crippen molar-refractivity contribution in [3.8, 4) is 0 Å². The van der Waals surface area contributed by atoms with Crippen molar-refractivity contribution in [3.05, 3.63) is 0 Å². The molecule has 0 bridgehead atoms. The maximum atomic E-state index is 10.9. The topological polar surface area (TPSA) is 69.7 Å². The largest absolute Gasteiger partial charge is 0.451 e. The first-order chi connectivity index (χ1) is 6.97. The van der Waals surface area contributed by atoms with Gasteiger partial charge >= 0.3 is 5.97 Å². The van der Waals surface area contributed by atoms with Gasteiger partial charge in [0, 0.05) is 20.0 Å². The molecule has 0 N–H and O–H groups in total. The summed E-state index contributed by atoms with van der Waals surface area (Å²) in [5.74, 6) is -0.724. The standard InChI is InChI=1S/C8H10Cl2O5/c1-14-4-7(12)15-5(8(10)13)2-3-6(9)11/h5H,2-4H2,1H3. The predicted molar refractivity (Wildman–Crippen MR) is 52.7 cm³/mol. The van der Waals surface area contributed by atoms with E-state index in [1.807, 2.05) is 0 Å². The maximum Gasteiger partial charge on any atom is 0.332 e. The molecule has 0 aromatic rings. The number of carbonyl (C=O) groups is 3. The second-order valence-electron chi connectivity index (χ2n) is 2.61. The summed E-state index contributed by atoms with van der Waals surface area (Å²) < 4.78 is 9.13. The van der Waals surface area contributed by atoms with Crippen molar-refractivity contribution >= 4 is 39.7 Å². The molecule has 0 rings (SSSR count). The number of carbonyl (C=O) groups excluding carboxylic acids is 3. The summed E-state index contributed by atoms with van der Waals surface area (Å²) in [4.78, 5) is 32.1. The minimum atomic E-state index is -1.16. The zero-order valence-corrected chi connectivity index (χ0v) is 9.51. The lowest BCUT2D eigenvalue weighted by molar-refractivity contribution is -0.157. The van der Waals surface area contributed by atoms with Crippen LogP contribution in [0.3, 0.4) is 0 Å². The molecule has 0 aromatic carbocycles.